The van der Waals surface area contributed by atoms with Crippen molar-refractivity contribution < 1.29 is 8.97 Å². The molecule has 0 bridgehead atoms. The van der Waals surface area contributed by atoms with Crippen molar-refractivity contribution in [3.05, 3.63) is 36.1 Å². The molecule has 0 fully saturated rings. The molecule has 2 aromatic rings. The van der Waals surface area contributed by atoms with E-state index in [-0.39, 0.29) is 10.8 Å². The molecular weight excluding hydrogens is 246 g/mol. The Bertz CT molecular complexity index is 530. The van der Waals surface area contributed by atoms with Crippen LogP contribution in [0.1, 0.15) is 39.3 Å². The van der Waals surface area contributed by atoms with E-state index >= 15 is 0 Å². The van der Waals surface area contributed by atoms with E-state index in [2.05, 4.69) is 10.8 Å². The average Bonchev–Trinajstić information content (AvgIpc) is 2.74. The van der Waals surface area contributed by atoms with Gasteiger partial charge < -0.3 is 8.97 Å². The van der Waals surface area contributed by atoms with Gasteiger partial charge in [-0.3, -0.25) is 0 Å². The van der Waals surface area contributed by atoms with Crippen LogP contribution in [0.25, 0.3) is 11.0 Å². The van der Waals surface area contributed by atoms with Gasteiger partial charge in [0.05, 0.1) is 12.3 Å². The molecule has 0 spiro atoms. The summed E-state index contributed by atoms with van der Waals surface area (Å²) >= 11 is -1.07. The zero-order chi connectivity index (χ0) is 13.3. The third-order valence-electron chi connectivity index (χ3n) is 2.82. The van der Waals surface area contributed by atoms with E-state index in [9.17, 15) is 4.55 Å². The highest BCUT2D eigenvalue weighted by Gasteiger charge is 2.28. The first-order valence-corrected chi connectivity index (χ1v) is 7.18. The summed E-state index contributed by atoms with van der Waals surface area (Å²) in [4.78, 5) is 0. The van der Waals surface area contributed by atoms with Gasteiger partial charge in [-0.05, 0) is 51.5 Å². The predicted molar refractivity (Wildman–Crippen MR) is 75.7 cm³/mol. The van der Waals surface area contributed by atoms with Crippen molar-refractivity contribution in [2.24, 2.45) is 0 Å². The lowest BCUT2D eigenvalue weighted by atomic mass is 10.1. The maximum Gasteiger partial charge on any atom is 0.136 e. The van der Waals surface area contributed by atoms with Crippen LogP contribution < -0.4 is 4.72 Å². The number of furan rings is 1. The summed E-state index contributed by atoms with van der Waals surface area (Å²) in [5.74, 6) is 0. The summed E-state index contributed by atoms with van der Waals surface area (Å²) in [5.41, 5.74) is 1.99. The third kappa shape index (κ3) is 2.88. The Morgan fingerprint density at radius 2 is 2.00 bits per heavy atom. The first kappa shape index (κ1) is 13.5. The first-order valence-electron chi connectivity index (χ1n) is 6.03. The Kier molecular flexibility index (Phi) is 3.71. The van der Waals surface area contributed by atoms with Crippen LogP contribution in [0.5, 0.6) is 0 Å². The summed E-state index contributed by atoms with van der Waals surface area (Å²) in [7, 11) is 0. The molecule has 98 valence electrons. The largest absolute Gasteiger partial charge is 0.598 e. The van der Waals surface area contributed by atoms with Crippen molar-refractivity contribution in [2.75, 3.05) is 0 Å². The Morgan fingerprint density at radius 3 is 2.67 bits per heavy atom. The zero-order valence-corrected chi connectivity index (χ0v) is 12.0. The smallest absolute Gasteiger partial charge is 0.136 e. The molecule has 1 heterocycles. The summed E-state index contributed by atoms with van der Waals surface area (Å²) in [6.07, 6.45) is 1.68. The molecule has 2 atom stereocenters. The van der Waals surface area contributed by atoms with E-state index in [0.717, 1.165) is 16.5 Å². The van der Waals surface area contributed by atoms with Crippen LogP contribution in [-0.4, -0.2) is 9.30 Å². The molecule has 0 aliphatic heterocycles. The van der Waals surface area contributed by atoms with Gasteiger partial charge in [0.1, 0.15) is 10.3 Å². The summed E-state index contributed by atoms with van der Waals surface area (Å²) in [5, 5.41) is 1.07. The topological polar surface area (TPSA) is 48.2 Å². The highest BCUT2D eigenvalue weighted by Crippen LogP contribution is 2.23. The van der Waals surface area contributed by atoms with Crippen LogP contribution in [0, 0.1) is 0 Å². The van der Waals surface area contributed by atoms with Crippen LogP contribution in [0.3, 0.4) is 0 Å². The third-order valence-corrected chi connectivity index (χ3v) is 4.50. The SMILES string of the molecule is CC(N[S@+]([O-])C(C)(C)C)c1ccc2occc2c1. The fourth-order valence-electron chi connectivity index (χ4n) is 1.66. The van der Waals surface area contributed by atoms with Gasteiger partial charge in [-0.15, -0.1) is 4.72 Å². The lowest BCUT2D eigenvalue weighted by molar-refractivity contribution is 0.531. The Morgan fingerprint density at radius 1 is 1.28 bits per heavy atom. The summed E-state index contributed by atoms with van der Waals surface area (Å²) in [6, 6.07) is 8.00. The van der Waals surface area contributed by atoms with E-state index in [0.29, 0.717) is 0 Å². The van der Waals surface area contributed by atoms with Gasteiger partial charge >= 0.3 is 0 Å². The highest BCUT2D eigenvalue weighted by atomic mass is 32.2. The maximum absolute atomic E-state index is 12.0. The van der Waals surface area contributed by atoms with E-state index in [4.69, 9.17) is 4.42 Å². The Balaban J connectivity index is 2.15. The molecule has 0 saturated heterocycles. The molecule has 18 heavy (non-hydrogen) atoms. The number of nitrogens with one attached hydrogen (secondary N) is 1. The van der Waals surface area contributed by atoms with Gasteiger partial charge in [0, 0.05) is 16.7 Å². The van der Waals surface area contributed by atoms with Crippen molar-refractivity contribution in [3.8, 4) is 0 Å². The minimum absolute atomic E-state index is 0.0457. The van der Waals surface area contributed by atoms with Crippen LogP contribution in [-0.2, 0) is 11.4 Å². The highest BCUT2D eigenvalue weighted by molar-refractivity contribution is 7.90. The van der Waals surface area contributed by atoms with Gasteiger partial charge in [-0.1, -0.05) is 6.07 Å². The normalized spacial score (nSPS) is 15.8. The minimum atomic E-state index is -1.07. The molecular formula is C14H19NO2S. The van der Waals surface area contributed by atoms with E-state index in [1.807, 2.05) is 45.9 Å². The average molecular weight is 265 g/mol. The number of hydrogen-bond acceptors (Lipinski definition) is 3. The molecule has 1 aromatic heterocycles. The van der Waals surface area contributed by atoms with E-state index in [1.54, 1.807) is 6.26 Å². The van der Waals surface area contributed by atoms with Crippen molar-refractivity contribution in [1.82, 2.24) is 4.72 Å². The molecule has 3 nitrogen and oxygen atoms in total. The van der Waals surface area contributed by atoms with Gasteiger partial charge in [-0.2, -0.15) is 0 Å². The molecule has 2 rings (SSSR count). The van der Waals surface area contributed by atoms with Gasteiger partial charge in [-0.25, -0.2) is 0 Å². The Hall–Kier alpha value is -0.970. The van der Waals surface area contributed by atoms with Crippen LogP contribution >= 0.6 is 0 Å². The van der Waals surface area contributed by atoms with Gasteiger partial charge in [0.25, 0.3) is 0 Å². The van der Waals surface area contributed by atoms with Crippen molar-refractivity contribution in [2.45, 2.75) is 38.5 Å². The minimum Gasteiger partial charge on any atom is -0.598 e. The standard InChI is InChI=1S/C14H19NO2S/c1-10(15-18(16)14(2,3)4)11-5-6-13-12(9-11)7-8-17-13/h5-10,15H,1-4H3/t10?,18-/m1/s1. The fraction of sp³-hybridized carbons (Fsp3) is 0.429. The quantitative estimate of drug-likeness (QED) is 0.863. The summed E-state index contributed by atoms with van der Waals surface area (Å²) in [6.45, 7) is 7.90. The number of fused-ring (bicyclic) bond motifs is 1. The lowest BCUT2D eigenvalue weighted by Crippen LogP contribution is -2.40. The van der Waals surface area contributed by atoms with Gasteiger partial charge in [0.2, 0.25) is 0 Å². The Labute approximate surface area is 111 Å². The van der Waals surface area contributed by atoms with Crippen LogP contribution in [0.15, 0.2) is 34.9 Å². The molecule has 1 N–H and O–H groups in total. The fourth-order valence-corrected chi connectivity index (χ4v) is 2.47. The molecule has 0 amide bonds. The van der Waals surface area contributed by atoms with Crippen LogP contribution in [0.2, 0.25) is 0 Å². The van der Waals surface area contributed by atoms with Crippen molar-refractivity contribution in [3.63, 3.8) is 0 Å². The summed E-state index contributed by atoms with van der Waals surface area (Å²) < 4.78 is 20.2. The van der Waals surface area contributed by atoms with E-state index in [1.165, 1.54) is 0 Å². The zero-order valence-electron chi connectivity index (χ0n) is 11.2. The number of hydrogen-bond donors (Lipinski definition) is 1. The number of rotatable bonds is 3. The molecule has 4 heteroatoms. The molecule has 0 aliphatic carbocycles. The monoisotopic (exact) mass is 265 g/mol. The van der Waals surface area contributed by atoms with Gasteiger partial charge in [0.15, 0.2) is 0 Å². The van der Waals surface area contributed by atoms with E-state index < -0.39 is 11.4 Å². The first-order chi connectivity index (χ1) is 8.38. The van der Waals surface area contributed by atoms with Crippen LogP contribution in [0.4, 0.5) is 0 Å². The second kappa shape index (κ2) is 4.96. The van der Waals surface area contributed by atoms with Crippen molar-refractivity contribution >= 4 is 22.3 Å². The number of benzene rings is 1. The second-order valence-electron chi connectivity index (χ2n) is 5.44. The predicted octanol–water partition coefficient (Wildman–Crippen LogP) is 3.55. The second-order valence-corrected chi connectivity index (χ2v) is 7.44. The molecule has 0 aliphatic rings. The lowest BCUT2D eigenvalue weighted by Gasteiger charge is -2.26. The molecule has 1 unspecified atom stereocenters. The molecule has 1 aromatic carbocycles. The molecule has 0 saturated carbocycles. The maximum atomic E-state index is 12.0. The van der Waals surface area contributed by atoms with Crippen molar-refractivity contribution in [1.29, 1.82) is 0 Å². The molecule has 0 radical (unpaired) electrons.